The zero-order chi connectivity index (χ0) is 19.8. The van der Waals surface area contributed by atoms with E-state index in [1.165, 1.54) is 0 Å². The SMILES string of the molecule is CCC/C(=N\NC(=O)C(O)(c1ccccc1)c1ccccc1)c1ccccc1. The second-order valence-electron chi connectivity index (χ2n) is 6.56. The van der Waals surface area contributed by atoms with E-state index < -0.39 is 11.5 Å². The second kappa shape index (κ2) is 9.11. The van der Waals surface area contributed by atoms with Crippen LogP contribution < -0.4 is 5.43 Å². The molecule has 0 radical (unpaired) electrons. The Morgan fingerprint density at radius 3 is 1.79 bits per heavy atom. The minimum atomic E-state index is -1.83. The molecule has 0 saturated carbocycles. The molecule has 0 saturated heterocycles. The molecule has 0 spiro atoms. The number of hydrogen-bond donors (Lipinski definition) is 2. The van der Waals surface area contributed by atoms with E-state index in [-0.39, 0.29) is 0 Å². The van der Waals surface area contributed by atoms with E-state index in [1.54, 1.807) is 48.5 Å². The average molecular weight is 372 g/mol. The van der Waals surface area contributed by atoms with Gasteiger partial charge in [0.15, 0.2) is 5.60 Å². The van der Waals surface area contributed by atoms with E-state index in [4.69, 9.17) is 0 Å². The quantitative estimate of drug-likeness (QED) is 0.481. The summed E-state index contributed by atoms with van der Waals surface area (Å²) in [6, 6.07) is 27.6. The first kappa shape index (κ1) is 19.5. The summed E-state index contributed by atoms with van der Waals surface area (Å²) in [6.45, 7) is 2.06. The van der Waals surface area contributed by atoms with Gasteiger partial charge in [0.1, 0.15) is 0 Å². The average Bonchev–Trinajstić information content (AvgIpc) is 2.77. The molecule has 4 nitrogen and oxygen atoms in total. The van der Waals surface area contributed by atoms with E-state index >= 15 is 0 Å². The molecule has 0 aliphatic heterocycles. The molecular weight excluding hydrogens is 348 g/mol. The van der Waals surface area contributed by atoms with Crippen LogP contribution in [0, 0.1) is 0 Å². The van der Waals surface area contributed by atoms with Crippen LogP contribution in [0.4, 0.5) is 0 Å². The van der Waals surface area contributed by atoms with Gasteiger partial charge in [-0.15, -0.1) is 0 Å². The number of hydrogen-bond acceptors (Lipinski definition) is 3. The lowest BCUT2D eigenvalue weighted by Crippen LogP contribution is -2.44. The maximum Gasteiger partial charge on any atom is 0.281 e. The number of aliphatic hydroxyl groups is 1. The van der Waals surface area contributed by atoms with Crippen molar-refractivity contribution in [2.45, 2.75) is 25.4 Å². The van der Waals surface area contributed by atoms with Gasteiger partial charge in [-0.2, -0.15) is 5.10 Å². The lowest BCUT2D eigenvalue weighted by atomic mass is 9.85. The highest BCUT2D eigenvalue weighted by molar-refractivity contribution is 6.01. The molecule has 0 fully saturated rings. The van der Waals surface area contributed by atoms with Gasteiger partial charge in [-0.3, -0.25) is 4.79 Å². The lowest BCUT2D eigenvalue weighted by Gasteiger charge is -2.27. The predicted octanol–water partition coefficient (Wildman–Crippen LogP) is 4.24. The van der Waals surface area contributed by atoms with Crippen molar-refractivity contribution in [1.82, 2.24) is 5.43 Å². The third-order valence-corrected chi connectivity index (χ3v) is 4.60. The molecule has 3 rings (SSSR count). The number of amides is 1. The van der Waals surface area contributed by atoms with Crippen molar-refractivity contribution in [3.63, 3.8) is 0 Å². The predicted molar refractivity (Wildman–Crippen MR) is 112 cm³/mol. The van der Waals surface area contributed by atoms with Crippen LogP contribution in [0.1, 0.15) is 36.5 Å². The second-order valence-corrected chi connectivity index (χ2v) is 6.56. The Bertz CT molecular complexity index is 883. The molecule has 0 unspecified atom stereocenters. The van der Waals surface area contributed by atoms with Crippen LogP contribution in [0.15, 0.2) is 96.1 Å². The zero-order valence-corrected chi connectivity index (χ0v) is 15.9. The van der Waals surface area contributed by atoms with Crippen LogP contribution >= 0.6 is 0 Å². The zero-order valence-electron chi connectivity index (χ0n) is 15.9. The minimum Gasteiger partial charge on any atom is -0.372 e. The van der Waals surface area contributed by atoms with E-state index in [9.17, 15) is 9.90 Å². The van der Waals surface area contributed by atoms with Crippen molar-refractivity contribution in [1.29, 1.82) is 0 Å². The smallest absolute Gasteiger partial charge is 0.281 e. The van der Waals surface area contributed by atoms with Crippen molar-refractivity contribution >= 4 is 11.6 Å². The van der Waals surface area contributed by atoms with Gasteiger partial charge in [0.2, 0.25) is 0 Å². The normalized spacial score (nSPS) is 11.9. The maximum atomic E-state index is 13.1. The summed E-state index contributed by atoms with van der Waals surface area (Å²) in [6.07, 6.45) is 1.62. The fourth-order valence-electron chi connectivity index (χ4n) is 3.12. The van der Waals surface area contributed by atoms with Crippen LogP contribution in [0.5, 0.6) is 0 Å². The first-order chi connectivity index (χ1) is 13.7. The molecule has 3 aromatic rings. The third kappa shape index (κ3) is 4.18. The Morgan fingerprint density at radius 1 is 0.857 bits per heavy atom. The van der Waals surface area contributed by atoms with Gasteiger partial charge >= 0.3 is 0 Å². The van der Waals surface area contributed by atoms with Crippen LogP contribution in [0.3, 0.4) is 0 Å². The van der Waals surface area contributed by atoms with Gasteiger partial charge < -0.3 is 5.11 Å². The van der Waals surface area contributed by atoms with Crippen molar-refractivity contribution in [2.75, 3.05) is 0 Å². The minimum absolute atomic E-state index is 0.491. The summed E-state index contributed by atoms with van der Waals surface area (Å²) in [5.74, 6) is -0.588. The summed E-state index contributed by atoms with van der Waals surface area (Å²) in [5.41, 5.74) is 3.48. The highest BCUT2D eigenvalue weighted by atomic mass is 16.3. The van der Waals surface area contributed by atoms with Crippen LogP contribution in [-0.4, -0.2) is 16.7 Å². The Kier molecular flexibility index (Phi) is 6.35. The summed E-state index contributed by atoms with van der Waals surface area (Å²) in [5, 5.41) is 15.8. The molecule has 0 atom stereocenters. The maximum absolute atomic E-state index is 13.1. The fraction of sp³-hybridized carbons (Fsp3) is 0.167. The Morgan fingerprint density at radius 2 is 1.32 bits per heavy atom. The number of rotatable bonds is 7. The van der Waals surface area contributed by atoms with Gasteiger partial charge in [-0.05, 0) is 23.1 Å². The molecule has 3 aromatic carbocycles. The van der Waals surface area contributed by atoms with Gasteiger partial charge in [-0.1, -0.05) is 104 Å². The van der Waals surface area contributed by atoms with Gasteiger partial charge in [-0.25, -0.2) is 5.43 Å². The van der Waals surface area contributed by atoms with Gasteiger partial charge in [0.25, 0.3) is 5.91 Å². The topological polar surface area (TPSA) is 61.7 Å². The summed E-state index contributed by atoms with van der Waals surface area (Å²) in [7, 11) is 0. The fourth-order valence-corrected chi connectivity index (χ4v) is 3.12. The highest BCUT2D eigenvalue weighted by Gasteiger charge is 2.39. The highest BCUT2D eigenvalue weighted by Crippen LogP contribution is 2.29. The molecule has 0 bridgehead atoms. The molecule has 142 valence electrons. The monoisotopic (exact) mass is 372 g/mol. The molecule has 0 heterocycles. The lowest BCUT2D eigenvalue weighted by molar-refractivity contribution is -0.136. The third-order valence-electron chi connectivity index (χ3n) is 4.60. The van der Waals surface area contributed by atoms with E-state index in [1.807, 2.05) is 42.5 Å². The first-order valence-electron chi connectivity index (χ1n) is 9.42. The number of nitrogens with zero attached hydrogens (tertiary/aromatic N) is 1. The molecule has 0 aromatic heterocycles. The molecular formula is C24H24N2O2. The number of benzene rings is 3. The molecule has 0 aliphatic rings. The van der Waals surface area contributed by atoms with Gasteiger partial charge in [0.05, 0.1) is 5.71 Å². The number of nitrogens with one attached hydrogen (secondary N) is 1. The molecule has 2 N–H and O–H groups in total. The van der Waals surface area contributed by atoms with Crippen LogP contribution in [0.2, 0.25) is 0 Å². The molecule has 1 amide bonds. The van der Waals surface area contributed by atoms with Crippen molar-refractivity contribution in [3.05, 3.63) is 108 Å². The van der Waals surface area contributed by atoms with E-state index in [0.29, 0.717) is 11.1 Å². The van der Waals surface area contributed by atoms with Crippen LogP contribution in [-0.2, 0) is 10.4 Å². The Balaban J connectivity index is 1.96. The standard InChI is InChI=1S/C24H24N2O2/c1-2-12-22(19-13-6-3-7-14-19)25-26-23(27)24(28,20-15-8-4-9-16-20)21-17-10-5-11-18-21/h3-11,13-18,28H,2,12H2,1H3,(H,26,27)/b25-22+. The molecule has 0 aliphatic carbocycles. The largest absolute Gasteiger partial charge is 0.372 e. The summed E-state index contributed by atoms with van der Waals surface area (Å²) in [4.78, 5) is 13.1. The van der Waals surface area contributed by atoms with Crippen LogP contribution in [0.25, 0.3) is 0 Å². The number of hydrazone groups is 1. The van der Waals surface area contributed by atoms with Gasteiger partial charge in [0, 0.05) is 0 Å². The van der Waals surface area contributed by atoms with E-state index in [2.05, 4.69) is 17.5 Å². The molecule has 4 heteroatoms. The summed E-state index contributed by atoms with van der Waals surface area (Å²) >= 11 is 0. The first-order valence-corrected chi connectivity index (χ1v) is 9.42. The van der Waals surface area contributed by atoms with Crippen molar-refractivity contribution < 1.29 is 9.90 Å². The van der Waals surface area contributed by atoms with E-state index in [0.717, 1.165) is 24.1 Å². The Hall–Kier alpha value is -3.24. The number of carbonyl (C=O) groups is 1. The summed E-state index contributed by atoms with van der Waals surface area (Å²) < 4.78 is 0. The van der Waals surface area contributed by atoms with Crippen molar-refractivity contribution in [2.24, 2.45) is 5.10 Å². The Labute approximate surface area is 165 Å². The molecule has 28 heavy (non-hydrogen) atoms. The number of carbonyl (C=O) groups excluding carboxylic acids is 1. The van der Waals surface area contributed by atoms with Crippen molar-refractivity contribution in [3.8, 4) is 0 Å².